The first-order valence-corrected chi connectivity index (χ1v) is 4.53. The third-order valence-corrected chi connectivity index (χ3v) is 1.63. The van der Waals surface area contributed by atoms with E-state index in [2.05, 4.69) is 11.8 Å². The number of benzene rings is 1. The van der Waals surface area contributed by atoms with Gasteiger partial charge in [0, 0.05) is 6.07 Å². The summed E-state index contributed by atoms with van der Waals surface area (Å²) in [6, 6.07) is 3.55. The minimum atomic E-state index is -2.61. The molecule has 86 valence electrons. The summed E-state index contributed by atoms with van der Waals surface area (Å²) >= 11 is 0. The van der Waals surface area contributed by atoms with Crippen LogP contribution in [0.2, 0.25) is 0 Å². The molecule has 0 amide bonds. The smallest absolute Gasteiger partial charge is 0.272 e. The topological polar surface area (TPSA) is 35.2 Å². The Labute approximate surface area is 91.2 Å². The first-order chi connectivity index (χ1) is 7.63. The van der Waals surface area contributed by atoms with Crippen LogP contribution in [0.5, 0.6) is 5.75 Å². The molecule has 16 heavy (non-hydrogen) atoms. The van der Waals surface area contributed by atoms with E-state index in [4.69, 9.17) is 10.5 Å². The van der Waals surface area contributed by atoms with Gasteiger partial charge in [0.1, 0.15) is 18.2 Å². The van der Waals surface area contributed by atoms with Crippen molar-refractivity contribution in [2.45, 2.75) is 6.43 Å². The average molecular weight is 229 g/mol. The van der Waals surface area contributed by atoms with Crippen molar-refractivity contribution >= 4 is 0 Å². The van der Waals surface area contributed by atoms with Crippen molar-refractivity contribution in [2.24, 2.45) is 5.73 Å². The monoisotopic (exact) mass is 229 g/mol. The van der Waals surface area contributed by atoms with E-state index >= 15 is 0 Å². The van der Waals surface area contributed by atoms with E-state index in [0.29, 0.717) is 5.56 Å². The number of rotatable bonds is 3. The minimum absolute atomic E-state index is 0.00116. The molecular formula is C11H10F3NO. The molecule has 2 N–H and O–H groups in total. The highest BCUT2D eigenvalue weighted by atomic mass is 19.3. The van der Waals surface area contributed by atoms with E-state index in [-0.39, 0.29) is 12.3 Å². The number of ether oxygens (including phenoxy) is 1. The van der Waals surface area contributed by atoms with E-state index in [9.17, 15) is 13.2 Å². The molecule has 5 heteroatoms. The highest BCUT2D eigenvalue weighted by Crippen LogP contribution is 2.19. The molecule has 2 nitrogen and oxygen atoms in total. The minimum Gasteiger partial charge on any atom is -0.486 e. The molecule has 1 rings (SSSR count). The summed E-state index contributed by atoms with van der Waals surface area (Å²) in [6.45, 7) is -0.660. The van der Waals surface area contributed by atoms with Crippen LogP contribution in [0.4, 0.5) is 13.2 Å². The lowest BCUT2D eigenvalue weighted by molar-refractivity contribution is 0.0816. The Morgan fingerprint density at radius 2 is 2.12 bits per heavy atom. The maximum Gasteiger partial charge on any atom is 0.272 e. The summed E-state index contributed by atoms with van der Waals surface area (Å²) in [6.07, 6.45) is -2.61. The lowest BCUT2D eigenvalue weighted by Crippen LogP contribution is -2.08. The Morgan fingerprint density at radius 1 is 1.38 bits per heavy atom. The van der Waals surface area contributed by atoms with Crippen LogP contribution in [0.25, 0.3) is 0 Å². The molecule has 0 aliphatic carbocycles. The second-order valence-electron chi connectivity index (χ2n) is 2.85. The van der Waals surface area contributed by atoms with Crippen molar-refractivity contribution in [1.82, 2.24) is 0 Å². The zero-order valence-electron chi connectivity index (χ0n) is 8.34. The lowest BCUT2D eigenvalue weighted by atomic mass is 10.2. The molecule has 0 radical (unpaired) electrons. The van der Waals surface area contributed by atoms with Gasteiger partial charge in [0.15, 0.2) is 0 Å². The second kappa shape index (κ2) is 6.03. The number of alkyl halides is 2. The van der Waals surface area contributed by atoms with Gasteiger partial charge < -0.3 is 10.5 Å². The van der Waals surface area contributed by atoms with Gasteiger partial charge in [-0.05, 0) is 12.1 Å². The fourth-order valence-corrected chi connectivity index (χ4v) is 1.02. The van der Waals surface area contributed by atoms with Gasteiger partial charge in [0.05, 0.1) is 12.1 Å². The first-order valence-electron chi connectivity index (χ1n) is 4.53. The maximum atomic E-state index is 12.9. The van der Waals surface area contributed by atoms with Crippen LogP contribution in [-0.2, 0) is 0 Å². The third-order valence-electron chi connectivity index (χ3n) is 1.63. The van der Waals surface area contributed by atoms with Gasteiger partial charge in [0.25, 0.3) is 6.43 Å². The Hall–Kier alpha value is -1.67. The first kappa shape index (κ1) is 12.4. The lowest BCUT2D eigenvalue weighted by Gasteiger charge is -2.07. The SMILES string of the molecule is NCC#Cc1ccc(F)cc1OCC(F)F. The zero-order chi connectivity index (χ0) is 12.0. The van der Waals surface area contributed by atoms with Crippen LogP contribution < -0.4 is 10.5 Å². The van der Waals surface area contributed by atoms with Crippen LogP contribution in [0.15, 0.2) is 18.2 Å². The highest BCUT2D eigenvalue weighted by molar-refractivity contribution is 5.46. The number of halogens is 3. The summed E-state index contributed by atoms with van der Waals surface area (Å²) in [7, 11) is 0. The standard InChI is InChI=1S/C11H10F3NO/c12-9-4-3-8(2-1-5-15)10(6-9)16-7-11(13)14/h3-4,6,11H,5,7,15H2. The Bertz CT molecular complexity index is 409. The Morgan fingerprint density at radius 3 is 2.75 bits per heavy atom. The predicted molar refractivity (Wildman–Crippen MR) is 53.8 cm³/mol. The quantitative estimate of drug-likeness (QED) is 0.802. The highest BCUT2D eigenvalue weighted by Gasteiger charge is 2.07. The summed E-state index contributed by atoms with van der Waals surface area (Å²) in [4.78, 5) is 0. The summed E-state index contributed by atoms with van der Waals surface area (Å²) in [5.41, 5.74) is 5.51. The molecular weight excluding hydrogens is 219 g/mol. The number of hydrogen-bond acceptors (Lipinski definition) is 2. The van der Waals surface area contributed by atoms with Gasteiger partial charge in [-0.25, -0.2) is 13.2 Å². The van der Waals surface area contributed by atoms with E-state index in [1.165, 1.54) is 12.1 Å². The molecule has 0 aliphatic rings. The van der Waals surface area contributed by atoms with Crippen LogP contribution in [0.3, 0.4) is 0 Å². The van der Waals surface area contributed by atoms with Crippen molar-refractivity contribution in [3.8, 4) is 17.6 Å². The van der Waals surface area contributed by atoms with Gasteiger partial charge in [-0.2, -0.15) is 0 Å². The molecule has 0 spiro atoms. The van der Waals surface area contributed by atoms with Crippen LogP contribution in [-0.4, -0.2) is 19.6 Å². The van der Waals surface area contributed by atoms with Crippen molar-refractivity contribution < 1.29 is 17.9 Å². The summed E-state index contributed by atoms with van der Waals surface area (Å²) in [5, 5.41) is 0. The number of hydrogen-bond donors (Lipinski definition) is 1. The van der Waals surface area contributed by atoms with E-state index in [1.54, 1.807) is 0 Å². The van der Waals surface area contributed by atoms with Gasteiger partial charge in [-0.3, -0.25) is 0 Å². The fourth-order valence-electron chi connectivity index (χ4n) is 1.02. The summed E-state index contributed by atoms with van der Waals surface area (Å²) < 4.78 is 41.5. The largest absolute Gasteiger partial charge is 0.486 e. The van der Waals surface area contributed by atoms with Crippen molar-refractivity contribution in [1.29, 1.82) is 0 Å². The number of nitrogens with two attached hydrogens (primary N) is 1. The summed E-state index contributed by atoms with van der Waals surface area (Å²) in [5.74, 6) is 4.59. The molecule has 0 saturated carbocycles. The molecule has 0 heterocycles. The van der Waals surface area contributed by atoms with Crippen molar-refractivity contribution in [3.05, 3.63) is 29.6 Å². The van der Waals surface area contributed by atoms with Crippen molar-refractivity contribution in [3.63, 3.8) is 0 Å². The molecule has 0 unspecified atom stereocenters. The molecule has 0 aliphatic heterocycles. The molecule has 0 bridgehead atoms. The fraction of sp³-hybridized carbons (Fsp3) is 0.273. The van der Waals surface area contributed by atoms with Gasteiger partial charge >= 0.3 is 0 Å². The Kier molecular flexibility index (Phi) is 4.67. The molecule has 0 fully saturated rings. The molecule has 1 aromatic carbocycles. The van der Waals surface area contributed by atoms with Gasteiger partial charge in [0.2, 0.25) is 0 Å². The Balaban J connectivity index is 2.89. The molecule has 1 aromatic rings. The third kappa shape index (κ3) is 3.83. The van der Waals surface area contributed by atoms with E-state index in [1.807, 2.05) is 0 Å². The molecule has 0 atom stereocenters. The zero-order valence-corrected chi connectivity index (χ0v) is 8.34. The maximum absolute atomic E-state index is 12.9. The second-order valence-corrected chi connectivity index (χ2v) is 2.85. The van der Waals surface area contributed by atoms with Crippen LogP contribution >= 0.6 is 0 Å². The predicted octanol–water partition coefficient (Wildman–Crippen LogP) is 1.78. The molecule has 0 aromatic heterocycles. The van der Waals surface area contributed by atoms with Crippen LogP contribution in [0, 0.1) is 17.7 Å². The normalized spacial score (nSPS) is 9.81. The van der Waals surface area contributed by atoms with Crippen molar-refractivity contribution in [2.75, 3.05) is 13.2 Å². The van der Waals surface area contributed by atoms with Gasteiger partial charge in [-0.15, -0.1) is 0 Å². The van der Waals surface area contributed by atoms with E-state index in [0.717, 1.165) is 6.07 Å². The van der Waals surface area contributed by atoms with E-state index < -0.39 is 18.8 Å². The molecule has 0 saturated heterocycles. The average Bonchev–Trinajstić information content (AvgIpc) is 2.25. The van der Waals surface area contributed by atoms with Crippen LogP contribution in [0.1, 0.15) is 5.56 Å². The van der Waals surface area contributed by atoms with Gasteiger partial charge in [-0.1, -0.05) is 11.8 Å².